The molecule has 3 aromatic rings. The van der Waals surface area contributed by atoms with Gasteiger partial charge >= 0.3 is 0 Å². The number of aromatic nitrogens is 2. The van der Waals surface area contributed by atoms with Gasteiger partial charge in [0.25, 0.3) is 5.91 Å². The molecule has 1 amide bonds. The maximum Gasteiger partial charge on any atom is 0.258 e. The summed E-state index contributed by atoms with van der Waals surface area (Å²) in [6, 6.07) is 13.1. The van der Waals surface area contributed by atoms with Gasteiger partial charge in [0.05, 0.1) is 5.56 Å². The largest absolute Gasteiger partial charge is 0.354 e. The van der Waals surface area contributed by atoms with Crippen molar-refractivity contribution in [3.63, 3.8) is 0 Å². The van der Waals surface area contributed by atoms with E-state index in [1.54, 1.807) is 0 Å². The number of carbonyl (C=O) groups is 1. The van der Waals surface area contributed by atoms with Crippen LogP contribution in [0, 0.1) is 11.6 Å². The molecule has 2 N–H and O–H groups in total. The van der Waals surface area contributed by atoms with E-state index >= 15 is 0 Å². The van der Waals surface area contributed by atoms with Gasteiger partial charge in [-0.25, -0.2) is 18.7 Å². The molecule has 0 spiro atoms. The normalized spacial score (nSPS) is 10.4. The molecular weight excluding hydrogens is 338 g/mol. The SMILES string of the molecule is O=C(Nc1ccc(F)c(F)c1)c1cnc(NCCc2ccccc2)nc1. The molecule has 3 rings (SSSR count). The molecule has 0 atom stereocenters. The topological polar surface area (TPSA) is 66.9 Å². The number of amides is 1. The fourth-order valence-electron chi connectivity index (χ4n) is 2.28. The van der Waals surface area contributed by atoms with Gasteiger partial charge in [0.2, 0.25) is 5.95 Å². The highest BCUT2D eigenvalue weighted by atomic mass is 19.2. The van der Waals surface area contributed by atoms with Crippen LogP contribution in [-0.2, 0) is 6.42 Å². The summed E-state index contributed by atoms with van der Waals surface area (Å²) >= 11 is 0. The van der Waals surface area contributed by atoms with Crippen molar-refractivity contribution < 1.29 is 13.6 Å². The van der Waals surface area contributed by atoms with Gasteiger partial charge in [0.1, 0.15) is 0 Å². The highest BCUT2D eigenvalue weighted by Crippen LogP contribution is 2.14. The summed E-state index contributed by atoms with van der Waals surface area (Å²) < 4.78 is 26.1. The van der Waals surface area contributed by atoms with Crippen molar-refractivity contribution in [3.8, 4) is 0 Å². The maximum atomic E-state index is 13.2. The van der Waals surface area contributed by atoms with Gasteiger partial charge in [-0.15, -0.1) is 0 Å². The quantitative estimate of drug-likeness (QED) is 0.709. The Balaban J connectivity index is 1.54. The van der Waals surface area contributed by atoms with Gasteiger partial charge < -0.3 is 10.6 Å². The van der Waals surface area contributed by atoms with E-state index in [9.17, 15) is 13.6 Å². The van der Waals surface area contributed by atoms with Crippen LogP contribution < -0.4 is 10.6 Å². The number of nitrogens with zero attached hydrogens (tertiary/aromatic N) is 2. The van der Waals surface area contributed by atoms with E-state index in [-0.39, 0.29) is 11.3 Å². The van der Waals surface area contributed by atoms with E-state index in [0.29, 0.717) is 12.5 Å². The van der Waals surface area contributed by atoms with Gasteiger partial charge in [-0.2, -0.15) is 0 Å². The minimum atomic E-state index is -1.03. The molecule has 0 saturated heterocycles. The Bertz CT molecular complexity index is 886. The molecule has 0 fully saturated rings. The number of hydrogen-bond donors (Lipinski definition) is 2. The Labute approximate surface area is 149 Å². The third-order valence-electron chi connectivity index (χ3n) is 3.63. The van der Waals surface area contributed by atoms with Crippen LogP contribution in [0.1, 0.15) is 15.9 Å². The fraction of sp³-hybridized carbons (Fsp3) is 0.105. The average Bonchev–Trinajstić information content (AvgIpc) is 2.66. The van der Waals surface area contributed by atoms with Crippen LogP contribution in [0.5, 0.6) is 0 Å². The number of rotatable bonds is 6. The lowest BCUT2D eigenvalue weighted by Gasteiger charge is -2.07. The Morgan fingerprint density at radius 3 is 2.38 bits per heavy atom. The molecule has 0 aliphatic rings. The number of halogens is 2. The van der Waals surface area contributed by atoms with E-state index in [1.165, 1.54) is 24.0 Å². The van der Waals surface area contributed by atoms with Gasteiger partial charge in [0.15, 0.2) is 11.6 Å². The Kier molecular flexibility index (Phi) is 5.48. The molecule has 0 radical (unpaired) electrons. The summed E-state index contributed by atoms with van der Waals surface area (Å²) in [4.78, 5) is 20.3. The Hall–Kier alpha value is -3.35. The zero-order valence-electron chi connectivity index (χ0n) is 13.7. The molecule has 0 bridgehead atoms. The third kappa shape index (κ3) is 4.60. The molecule has 26 heavy (non-hydrogen) atoms. The van der Waals surface area contributed by atoms with E-state index in [2.05, 4.69) is 20.6 Å². The van der Waals surface area contributed by atoms with Crippen molar-refractivity contribution >= 4 is 17.5 Å². The van der Waals surface area contributed by atoms with Gasteiger partial charge in [-0.05, 0) is 24.1 Å². The predicted octanol–water partition coefficient (Wildman–Crippen LogP) is 3.66. The summed E-state index contributed by atoms with van der Waals surface area (Å²) in [7, 11) is 0. The second-order valence-electron chi connectivity index (χ2n) is 5.54. The van der Waals surface area contributed by atoms with Crippen LogP contribution in [0.3, 0.4) is 0 Å². The third-order valence-corrected chi connectivity index (χ3v) is 3.63. The number of carbonyl (C=O) groups excluding carboxylic acids is 1. The van der Waals surface area contributed by atoms with Crippen LogP contribution in [-0.4, -0.2) is 22.4 Å². The Morgan fingerprint density at radius 1 is 0.962 bits per heavy atom. The lowest BCUT2D eigenvalue weighted by atomic mass is 10.1. The van der Waals surface area contributed by atoms with Crippen LogP contribution >= 0.6 is 0 Å². The Morgan fingerprint density at radius 2 is 1.69 bits per heavy atom. The first kappa shape index (κ1) is 17.5. The maximum absolute atomic E-state index is 13.2. The molecule has 7 heteroatoms. The molecule has 1 heterocycles. The molecule has 0 unspecified atom stereocenters. The minimum absolute atomic E-state index is 0.152. The smallest absolute Gasteiger partial charge is 0.258 e. The lowest BCUT2D eigenvalue weighted by molar-refractivity contribution is 0.102. The number of hydrogen-bond acceptors (Lipinski definition) is 4. The van der Waals surface area contributed by atoms with E-state index < -0.39 is 17.5 Å². The van der Waals surface area contributed by atoms with Crippen molar-refractivity contribution in [3.05, 3.63) is 83.7 Å². The summed E-state index contributed by atoms with van der Waals surface area (Å²) in [5.74, 6) is -2.11. The monoisotopic (exact) mass is 354 g/mol. The van der Waals surface area contributed by atoms with E-state index in [4.69, 9.17) is 0 Å². The summed E-state index contributed by atoms with van der Waals surface area (Å²) in [6.07, 6.45) is 3.56. The molecule has 0 aliphatic carbocycles. The van der Waals surface area contributed by atoms with Crippen LogP contribution in [0.2, 0.25) is 0 Å². The number of anilines is 2. The van der Waals surface area contributed by atoms with Crippen molar-refractivity contribution in [2.45, 2.75) is 6.42 Å². The van der Waals surface area contributed by atoms with Crippen LogP contribution in [0.4, 0.5) is 20.4 Å². The molecular formula is C19H16F2N4O. The average molecular weight is 354 g/mol. The van der Waals surface area contributed by atoms with E-state index in [0.717, 1.165) is 18.6 Å². The van der Waals surface area contributed by atoms with Gasteiger partial charge in [-0.1, -0.05) is 30.3 Å². The van der Waals surface area contributed by atoms with Crippen molar-refractivity contribution in [2.24, 2.45) is 0 Å². The fourth-order valence-corrected chi connectivity index (χ4v) is 2.28. The second kappa shape index (κ2) is 8.15. The van der Waals surface area contributed by atoms with Crippen LogP contribution in [0.15, 0.2) is 60.9 Å². The standard InChI is InChI=1S/C19H16F2N4O/c20-16-7-6-15(10-17(16)21)25-18(26)14-11-23-19(24-12-14)22-9-8-13-4-2-1-3-5-13/h1-7,10-12H,8-9H2,(H,25,26)(H,22,23,24). The van der Waals surface area contributed by atoms with Crippen molar-refractivity contribution in [2.75, 3.05) is 17.2 Å². The minimum Gasteiger partial charge on any atom is -0.354 e. The first-order chi connectivity index (χ1) is 12.6. The summed E-state index contributed by atoms with van der Waals surface area (Å²) in [5.41, 5.74) is 1.56. The van der Waals surface area contributed by atoms with Crippen LogP contribution in [0.25, 0.3) is 0 Å². The van der Waals surface area contributed by atoms with Gasteiger partial charge in [0, 0.05) is 30.7 Å². The zero-order valence-corrected chi connectivity index (χ0v) is 13.7. The summed E-state index contributed by atoms with van der Waals surface area (Å²) in [6.45, 7) is 0.657. The lowest BCUT2D eigenvalue weighted by Crippen LogP contribution is -2.14. The van der Waals surface area contributed by atoms with Gasteiger partial charge in [-0.3, -0.25) is 4.79 Å². The highest BCUT2D eigenvalue weighted by Gasteiger charge is 2.09. The number of benzene rings is 2. The molecule has 1 aromatic heterocycles. The highest BCUT2D eigenvalue weighted by molar-refractivity contribution is 6.03. The summed E-state index contributed by atoms with van der Waals surface area (Å²) in [5, 5.41) is 5.54. The predicted molar refractivity (Wildman–Crippen MR) is 95.0 cm³/mol. The second-order valence-corrected chi connectivity index (χ2v) is 5.54. The molecule has 5 nitrogen and oxygen atoms in total. The molecule has 0 aliphatic heterocycles. The van der Waals surface area contributed by atoms with E-state index in [1.807, 2.05) is 30.3 Å². The van der Waals surface area contributed by atoms with Crippen molar-refractivity contribution in [1.82, 2.24) is 9.97 Å². The molecule has 132 valence electrons. The number of nitrogens with one attached hydrogen (secondary N) is 2. The molecule has 0 saturated carbocycles. The molecule has 2 aromatic carbocycles. The zero-order chi connectivity index (χ0) is 18.4. The first-order valence-electron chi connectivity index (χ1n) is 7.98. The first-order valence-corrected chi connectivity index (χ1v) is 7.98. The van der Waals surface area contributed by atoms with Crippen molar-refractivity contribution in [1.29, 1.82) is 0 Å².